The van der Waals surface area contributed by atoms with Crippen molar-refractivity contribution in [3.05, 3.63) is 120 Å². The highest BCUT2D eigenvalue weighted by molar-refractivity contribution is 5.91. The van der Waals surface area contributed by atoms with E-state index in [4.69, 9.17) is 18.9 Å². The van der Waals surface area contributed by atoms with Crippen LogP contribution in [0.25, 0.3) is 0 Å². The van der Waals surface area contributed by atoms with Gasteiger partial charge in [-0.1, -0.05) is 54.6 Å². The normalized spacial score (nSPS) is 16.8. The molecule has 7 heteroatoms. The standard InChI is InChI=1S/C26H20O7/c27-24(18-10-4-1-5-11-18)31-16-21-23(33-26(29)20-14-8-3-9-15-20)22(17-30-21)32-25(28)19-12-6-2-7-13-19/h1-15,17,21,23H,16H2/t21-,23-/m0/s1. The molecule has 7 nitrogen and oxygen atoms in total. The number of rotatable bonds is 7. The van der Waals surface area contributed by atoms with Gasteiger partial charge in [0.1, 0.15) is 12.9 Å². The van der Waals surface area contributed by atoms with Gasteiger partial charge in [-0.15, -0.1) is 0 Å². The molecule has 3 aromatic rings. The topological polar surface area (TPSA) is 88.1 Å². The summed E-state index contributed by atoms with van der Waals surface area (Å²) in [5.41, 5.74) is 1.01. The van der Waals surface area contributed by atoms with E-state index in [9.17, 15) is 14.4 Å². The van der Waals surface area contributed by atoms with Crippen molar-refractivity contribution in [2.75, 3.05) is 6.61 Å². The smallest absolute Gasteiger partial charge is 0.343 e. The van der Waals surface area contributed by atoms with Gasteiger partial charge in [-0.05, 0) is 36.4 Å². The molecular formula is C26H20O7. The van der Waals surface area contributed by atoms with E-state index in [-0.39, 0.29) is 12.4 Å². The number of carbonyl (C=O) groups is 3. The lowest BCUT2D eigenvalue weighted by atomic mass is 10.2. The van der Waals surface area contributed by atoms with Gasteiger partial charge in [0, 0.05) is 0 Å². The van der Waals surface area contributed by atoms with Gasteiger partial charge in [0.25, 0.3) is 0 Å². The number of esters is 3. The van der Waals surface area contributed by atoms with Crippen LogP contribution in [0.5, 0.6) is 0 Å². The van der Waals surface area contributed by atoms with Gasteiger partial charge in [-0.25, -0.2) is 14.4 Å². The van der Waals surface area contributed by atoms with E-state index >= 15 is 0 Å². The predicted octanol–water partition coefficient (Wildman–Crippen LogP) is 4.17. The summed E-state index contributed by atoms with van der Waals surface area (Å²) < 4.78 is 21.9. The first-order valence-corrected chi connectivity index (χ1v) is 10.2. The van der Waals surface area contributed by atoms with Crippen LogP contribution in [0.1, 0.15) is 31.1 Å². The maximum Gasteiger partial charge on any atom is 0.343 e. The zero-order valence-electron chi connectivity index (χ0n) is 17.5. The minimum absolute atomic E-state index is 0.00824. The fourth-order valence-electron chi connectivity index (χ4n) is 3.13. The van der Waals surface area contributed by atoms with Gasteiger partial charge in [0.2, 0.25) is 6.10 Å². The number of ether oxygens (including phenoxy) is 4. The molecule has 0 N–H and O–H groups in total. The maximum atomic E-state index is 12.7. The molecule has 1 aliphatic heterocycles. The summed E-state index contributed by atoms with van der Waals surface area (Å²) in [7, 11) is 0. The lowest BCUT2D eigenvalue weighted by Gasteiger charge is -2.21. The monoisotopic (exact) mass is 444 g/mol. The molecule has 0 amide bonds. The average molecular weight is 444 g/mol. The molecule has 3 aromatic carbocycles. The maximum absolute atomic E-state index is 12.7. The number of hydrogen-bond donors (Lipinski definition) is 0. The molecule has 166 valence electrons. The highest BCUT2D eigenvalue weighted by Gasteiger charge is 2.39. The Bertz CT molecular complexity index is 1140. The summed E-state index contributed by atoms with van der Waals surface area (Å²) in [6, 6.07) is 25.2. The largest absolute Gasteiger partial charge is 0.486 e. The summed E-state index contributed by atoms with van der Waals surface area (Å²) in [5, 5.41) is 0. The Hall–Kier alpha value is -4.39. The molecule has 0 radical (unpaired) electrons. The molecule has 0 aromatic heterocycles. The zero-order valence-corrected chi connectivity index (χ0v) is 17.5. The second kappa shape index (κ2) is 10.3. The van der Waals surface area contributed by atoms with Crippen LogP contribution in [0.15, 0.2) is 103 Å². The summed E-state index contributed by atoms with van der Waals surface area (Å²) >= 11 is 0. The van der Waals surface area contributed by atoms with Crippen LogP contribution in [0, 0.1) is 0 Å². The second-order valence-electron chi connectivity index (χ2n) is 7.11. The highest BCUT2D eigenvalue weighted by Crippen LogP contribution is 2.26. The van der Waals surface area contributed by atoms with E-state index in [1.54, 1.807) is 91.0 Å². The molecule has 2 atom stereocenters. The third kappa shape index (κ3) is 5.46. The molecule has 33 heavy (non-hydrogen) atoms. The molecule has 0 fully saturated rings. The molecular weight excluding hydrogens is 424 g/mol. The van der Waals surface area contributed by atoms with Gasteiger partial charge in [-0.2, -0.15) is 0 Å². The van der Waals surface area contributed by atoms with Crippen LogP contribution >= 0.6 is 0 Å². The van der Waals surface area contributed by atoms with Crippen molar-refractivity contribution in [2.24, 2.45) is 0 Å². The minimum atomic E-state index is -1.09. The molecule has 0 bridgehead atoms. The third-order valence-corrected chi connectivity index (χ3v) is 4.83. The van der Waals surface area contributed by atoms with Crippen LogP contribution in [-0.4, -0.2) is 36.7 Å². The van der Waals surface area contributed by atoms with E-state index < -0.39 is 30.1 Å². The van der Waals surface area contributed by atoms with Crippen molar-refractivity contribution in [2.45, 2.75) is 12.2 Å². The van der Waals surface area contributed by atoms with Crippen LogP contribution in [0.3, 0.4) is 0 Å². The molecule has 0 aliphatic carbocycles. The van der Waals surface area contributed by atoms with Gasteiger partial charge in [0.15, 0.2) is 11.9 Å². The first-order chi connectivity index (χ1) is 16.1. The van der Waals surface area contributed by atoms with Crippen molar-refractivity contribution < 1.29 is 33.3 Å². The van der Waals surface area contributed by atoms with Gasteiger partial charge < -0.3 is 18.9 Å². The molecule has 0 unspecified atom stereocenters. The zero-order chi connectivity index (χ0) is 23.0. The van der Waals surface area contributed by atoms with Crippen molar-refractivity contribution in [3.8, 4) is 0 Å². The van der Waals surface area contributed by atoms with E-state index in [1.165, 1.54) is 6.26 Å². The Kier molecular flexibility index (Phi) is 6.80. The van der Waals surface area contributed by atoms with Gasteiger partial charge >= 0.3 is 17.9 Å². The number of carbonyl (C=O) groups excluding carboxylic acids is 3. The Morgan fingerprint density at radius 3 is 1.70 bits per heavy atom. The molecule has 0 saturated heterocycles. The summed E-state index contributed by atoms with van der Waals surface area (Å²) in [5.74, 6) is -1.81. The van der Waals surface area contributed by atoms with E-state index in [0.717, 1.165) is 0 Å². The Morgan fingerprint density at radius 2 is 1.15 bits per heavy atom. The molecule has 4 rings (SSSR count). The lowest BCUT2D eigenvalue weighted by Crippen LogP contribution is -2.35. The fourth-order valence-corrected chi connectivity index (χ4v) is 3.13. The Balaban J connectivity index is 1.47. The van der Waals surface area contributed by atoms with Gasteiger partial charge in [-0.3, -0.25) is 0 Å². The van der Waals surface area contributed by atoms with Crippen LogP contribution < -0.4 is 0 Å². The Labute approximate surface area is 190 Å². The van der Waals surface area contributed by atoms with Crippen LogP contribution in [0.4, 0.5) is 0 Å². The average Bonchev–Trinajstić information content (AvgIpc) is 3.24. The quantitative estimate of drug-likeness (QED) is 0.399. The summed E-state index contributed by atoms with van der Waals surface area (Å²) in [4.78, 5) is 37.5. The summed E-state index contributed by atoms with van der Waals surface area (Å²) in [6.07, 6.45) is -0.775. The molecule has 0 spiro atoms. The number of benzene rings is 3. The SMILES string of the molecule is O=C(OC[C@@H]1OC=C(OC(=O)c2ccccc2)[C@H]1OC(=O)c1ccccc1)c1ccccc1. The highest BCUT2D eigenvalue weighted by atomic mass is 16.6. The van der Waals surface area contributed by atoms with Crippen LogP contribution in [-0.2, 0) is 18.9 Å². The molecule has 1 aliphatic rings. The van der Waals surface area contributed by atoms with Crippen molar-refractivity contribution >= 4 is 17.9 Å². The van der Waals surface area contributed by atoms with E-state index in [1.807, 2.05) is 0 Å². The Morgan fingerprint density at radius 1 is 0.667 bits per heavy atom. The van der Waals surface area contributed by atoms with Crippen molar-refractivity contribution in [1.29, 1.82) is 0 Å². The summed E-state index contributed by atoms with van der Waals surface area (Å²) in [6.45, 7) is -0.219. The molecule has 0 saturated carbocycles. The predicted molar refractivity (Wildman–Crippen MR) is 117 cm³/mol. The van der Waals surface area contributed by atoms with Gasteiger partial charge in [0.05, 0.1) is 16.7 Å². The lowest BCUT2D eigenvalue weighted by molar-refractivity contribution is -0.0286. The number of hydrogen-bond acceptors (Lipinski definition) is 7. The first-order valence-electron chi connectivity index (χ1n) is 10.2. The second-order valence-corrected chi connectivity index (χ2v) is 7.11. The van der Waals surface area contributed by atoms with Crippen molar-refractivity contribution in [3.63, 3.8) is 0 Å². The third-order valence-electron chi connectivity index (χ3n) is 4.83. The molecule has 1 heterocycles. The fraction of sp³-hybridized carbons (Fsp3) is 0.115. The van der Waals surface area contributed by atoms with E-state index in [2.05, 4.69) is 0 Å². The van der Waals surface area contributed by atoms with Crippen molar-refractivity contribution in [1.82, 2.24) is 0 Å². The first kappa shape index (κ1) is 21.8. The van der Waals surface area contributed by atoms with E-state index in [0.29, 0.717) is 16.7 Å². The minimum Gasteiger partial charge on any atom is -0.486 e. The van der Waals surface area contributed by atoms with Crippen LogP contribution in [0.2, 0.25) is 0 Å².